The molecule has 0 aliphatic carbocycles. The maximum Gasteiger partial charge on any atom is 0.312 e. The number of hydrogen-bond acceptors (Lipinski definition) is 6. The lowest BCUT2D eigenvalue weighted by molar-refractivity contribution is -0.150. The van der Waals surface area contributed by atoms with Crippen molar-refractivity contribution in [2.45, 2.75) is 42.9 Å². The number of nitrogens with zero attached hydrogens (tertiary/aromatic N) is 2. The quantitative estimate of drug-likeness (QED) is 0.724. The average molecular weight is 387 g/mol. The van der Waals surface area contributed by atoms with E-state index in [1.54, 1.807) is 6.07 Å². The topological polar surface area (TPSA) is 66.9 Å². The third-order valence-corrected chi connectivity index (χ3v) is 8.75. The molecule has 2 fully saturated rings. The maximum absolute atomic E-state index is 12.8. The van der Waals surface area contributed by atoms with Crippen LogP contribution in [0.5, 0.6) is 0 Å². The highest BCUT2D eigenvalue weighted by molar-refractivity contribution is 7.91. The third-order valence-electron chi connectivity index (χ3n) is 5.15. The summed E-state index contributed by atoms with van der Waals surface area (Å²) in [5.74, 6) is -0.152. The van der Waals surface area contributed by atoms with Gasteiger partial charge in [-0.1, -0.05) is 6.92 Å². The van der Waals surface area contributed by atoms with Crippen LogP contribution >= 0.6 is 11.3 Å². The molecule has 140 valence electrons. The molecule has 0 aromatic carbocycles. The summed E-state index contributed by atoms with van der Waals surface area (Å²) in [6.07, 6.45) is 2.52. The molecule has 0 radical (unpaired) electrons. The molecule has 1 spiro atoms. The first-order chi connectivity index (χ1) is 11.8. The molecule has 2 aliphatic rings. The summed E-state index contributed by atoms with van der Waals surface area (Å²) in [5, 5.41) is 0. The van der Waals surface area contributed by atoms with E-state index in [1.165, 1.54) is 15.6 Å². The summed E-state index contributed by atoms with van der Waals surface area (Å²) in [7, 11) is 0.460. The molecule has 6 nitrogen and oxygen atoms in total. The van der Waals surface area contributed by atoms with Gasteiger partial charge >= 0.3 is 5.97 Å². The van der Waals surface area contributed by atoms with E-state index in [0.717, 1.165) is 11.3 Å². The molecule has 0 amide bonds. The van der Waals surface area contributed by atoms with Crippen molar-refractivity contribution in [2.24, 2.45) is 5.41 Å². The normalized spacial score (nSPS) is 24.2. The summed E-state index contributed by atoms with van der Waals surface area (Å²) >= 11 is 1.34. The Kier molecular flexibility index (Phi) is 5.26. The first kappa shape index (κ1) is 18.8. The molecule has 8 heteroatoms. The van der Waals surface area contributed by atoms with Crippen molar-refractivity contribution in [3.05, 3.63) is 17.0 Å². The Bertz CT molecular complexity index is 734. The van der Waals surface area contributed by atoms with E-state index in [-0.39, 0.29) is 12.1 Å². The first-order valence-electron chi connectivity index (χ1n) is 8.71. The second kappa shape index (κ2) is 6.98. The number of piperidine rings is 1. The van der Waals surface area contributed by atoms with Crippen molar-refractivity contribution >= 4 is 27.3 Å². The molecule has 0 bridgehead atoms. The van der Waals surface area contributed by atoms with Crippen LogP contribution in [0.25, 0.3) is 0 Å². The number of esters is 1. The van der Waals surface area contributed by atoms with Crippen LogP contribution in [0.15, 0.2) is 16.3 Å². The molecule has 2 saturated heterocycles. The van der Waals surface area contributed by atoms with E-state index >= 15 is 0 Å². The van der Waals surface area contributed by atoms with Crippen molar-refractivity contribution in [1.29, 1.82) is 0 Å². The van der Waals surface area contributed by atoms with E-state index in [2.05, 4.69) is 0 Å². The van der Waals surface area contributed by atoms with Gasteiger partial charge in [0.05, 0.1) is 5.41 Å². The molecule has 1 aromatic rings. The number of sulfonamides is 1. The summed E-state index contributed by atoms with van der Waals surface area (Å²) < 4.78 is 33.1. The number of carbonyl (C=O) groups excluding carboxylic acids is 1. The minimum Gasteiger partial charge on any atom is -0.461 e. The van der Waals surface area contributed by atoms with Gasteiger partial charge < -0.3 is 9.64 Å². The molecule has 2 aliphatic heterocycles. The predicted octanol–water partition coefficient (Wildman–Crippen LogP) is 1.96. The van der Waals surface area contributed by atoms with E-state index < -0.39 is 15.4 Å². The zero-order valence-corrected chi connectivity index (χ0v) is 16.7. The lowest BCUT2D eigenvalue weighted by atomic mass is 9.76. The lowest BCUT2D eigenvalue weighted by Crippen LogP contribution is -2.44. The smallest absolute Gasteiger partial charge is 0.312 e. The van der Waals surface area contributed by atoms with Gasteiger partial charge in [-0.05, 0) is 45.5 Å². The molecule has 1 unspecified atom stereocenters. The fourth-order valence-corrected chi connectivity index (χ4v) is 6.61. The van der Waals surface area contributed by atoms with Crippen LogP contribution in [-0.4, -0.2) is 63.4 Å². The highest BCUT2D eigenvalue weighted by Crippen LogP contribution is 2.44. The number of likely N-dealkylation sites (N-methyl/N-ethyl adjacent to an activating group) is 1. The second-order valence-electron chi connectivity index (χ2n) is 7.25. The lowest BCUT2D eigenvalue weighted by Gasteiger charge is -2.35. The average Bonchev–Trinajstić information content (AvgIpc) is 3.14. The molecule has 1 atom stereocenters. The third kappa shape index (κ3) is 3.63. The van der Waals surface area contributed by atoms with Crippen LogP contribution in [-0.2, 0) is 26.0 Å². The Labute approximate surface area is 153 Å². The fourth-order valence-electron chi connectivity index (χ4n) is 3.72. The molecule has 25 heavy (non-hydrogen) atoms. The van der Waals surface area contributed by atoms with Crippen molar-refractivity contribution in [3.63, 3.8) is 0 Å². The fraction of sp³-hybridized carbons (Fsp3) is 0.706. The van der Waals surface area contributed by atoms with Gasteiger partial charge in [0.25, 0.3) is 10.0 Å². The van der Waals surface area contributed by atoms with Crippen LogP contribution in [0.3, 0.4) is 0 Å². The van der Waals surface area contributed by atoms with Crippen LogP contribution in [0.2, 0.25) is 0 Å². The Hall–Kier alpha value is -0.960. The minimum atomic E-state index is -3.46. The molecular formula is C17H26N2O4S2. The highest BCUT2D eigenvalue weighted by atomic mass is 32.2. The summed E-state index contributed by atoms with van der Waals surface area (Å²) in [4.78, 5) is 15.5. The van der Waals surface area contributed by atoms with Gasteiger partial charge in [-0.3, -0.25) is 4.79 Å². The number of ether oxygens (including phenoxy) is 1. The highest BCUT2D eigenvalue weighted by Gasteiger charge is 2.51. The maximum atomic E-state index is 12.8. The molecule has 3 heterocycles. The Morgan fingerprint density at radius 3 is 2.56 bits per heavy atom. The molecule has 0 N–H and O–H groups in total. The first-order valence-corrected chi connectivity index (χ1v) is 11.0. The molecular weight excluding hydrogens is 360 g/mol. The van der Waals surface area contributed by atoms with Crippen molar-refractivity contribution in [3.8, 4) is 0 Å². The van der Waals surface area contributed by atoms with Crippen molar-refractivity contribution in [1.82, 2.24) is 9.21 Å². The van der Waals surface area contributed by atoms with Gasteiger partial charge in [0.2, 0.25) is 0 Å². The van der Waals surface area contributed by atoms with Crippen LogP contribution in [0.4, 0.5) is 0 Å². The van der Waals surface area contributed by atoms with Gasteiger partial charge in [-0.2, -0.15) is 4.31 Å². The number of aryl methyl sites for hydroxylation is 1. The largest absolute Gasteiger partial charge is 0.461 e. The van der Waals surface area contributed by atoms with Crippen LogP contribution < -0.4 is 0 Å². The zero-order chi connectivity index (χ0) is 18.2. The number of carbonyl (C=O) groups is 1. The molecule has 1 aromatic heterocycles. The SMILES string of the molecule is CCc1ccc(S(=O)(=O)N2CCC3(CC2)CC(CN(C)C)OC3=O)s1. The van der Waals surface area contributed by atoms with Gasteiger partial charge in [-0.15, -0.1) is 11.3 Å². The monoisotopic (exact) mass is 386 g/mol. The van der Waals surface area contributed by atoms with E-state index in [1.807, 2.05) is 32.0 Å². The zero-order valence-electron chi connectivity index (χ0n) is 15.0. The van der Waals surface area contributed by atoms with Crippen LogP contribution in [0.1, 0.15) is 31.1 Å². The number of rotatable bonds is 5. The van der Waals surface area contributed by atoms with E-state index in [9.17, 15) is 13.2 Å². The van der Waals surface area contributed by atoms with Crippen molar-refractivity contribution in [2.75, 3.05) is 33.7 Å². The Morgan fingerprint density at radius 2 is 2.00 bits per heavy atom. The number of hydrogen-bond donors (Lipinski definition) is 0. The number of thiophene rings is 1. The summed E-state index contributed by atoms with van der Waals surface area (Å²) in [5.41, 5.74) is -0.503. The van der Waals surface area contributed by atoms with Gasteiger partial charge in [0, 0.05) is 30.9 Å². The Morgan fingerprint density at radius 1 is 1.32 bits per heavy atom. The minimum absolute atomic E-state index is 0.0879. The van der Waals surface area contributed by atoms with Crippen molar-refractivity contribution < 1.29 is 17.9 Å². The van der Waals surface area contributed by atoms with Gasteiger partial charge in [0.1, 0.15) is 10.3 Å². The van der Waals surface area contributed by atoms with Gasteiger partial charge in [0.15, 0.2) is 0 Å². The van der Waals surface area contributed by atoms with E-state index in [4.69, 9.17) is 4.74 Å². The summed E-state index contributed by atoms with van der Waals surface area (Å²) in [6.45, 7) is 3.49. The molecule has 3 rings (SSSR count). The predicted molar refractivity (Wildman–Crippen MR) is 97.2 cm³/mol. The Balaban J connectivity index is 1.68. The van der Waals surface area contributed by atoms with Gasteiger partial charge in [-0.25, -0.2) is 8.42 Å². The summed E-state index contributed by atoms with van der Waals surface area (Å²) in [6, 6.07) is 3.57. The number of cyclic esters (lactones) is 1. The second-order valence-corrected chi connectivity index (χ2v) is 10.6. The molecule has 0 saturated carbocycles. The van der Waals surface area contributed by atoms with E-state index in [0.29, 0.717) is 43.1 Å². The van der Waals surface area contributed by atoms with Crippen LogP contribution in [0, 0.1) is 5.41 Å². The standard InChI is InChI=1S/C17H26N2O4S2/c1-4-14-5-6-15(24-14)25(21,22)19-9-7-17(8-10-19)11-13(12-18(2)3)23-16(17)20/h5-6,13H,4,7-12H2,1-3H3.